The normalized spacial score (nSPS) is 10.2. The van der Waals surface area contributed by atoms with E-state index in [1.54, 1.807) is 11.9 Å². The van der Waals surface area contributed by atoms with E-state index >= 15 is 0 Å². The maximum Gasteiger partial charge on any atom is 0.303 e. The van der Waals surface area contributed by atoms with Gasteiger partial charge in [0.05, 0.1) is 0 Å². The SMILES string of the molecule is C=CCCCCCCCCC(=O)N(C)CCCC(=O)O. The zero-order valence-corrected chi connectivity index (χ0v) is 12.8. The van der Waals surface area contributed by atoms with Crippen LogP contribution in [0.5, 0.6) is 0 Å². The van der Waals surface area contributed by atoms with Gasteiger partial charge in [0.1, 0.15) is 0 Å². The summed E-state index contributed by atoms with van der Waals surface area (Å²) in [4.78, 5) is 23.8. The molecule has 0 aliphatic carbocycles. The maximum absolute atomic E-state index is 11.8. The molecule has 4 nitrogen and oxygen atoms in total. The molecule has 0 spiro atoms. The molecule has 0 fully saturated rings. The monoisotopic (exact) mass is 283 g/mol. The van der Waals surface area contributed by atoms with Gasteiger partial charge in [0, 0.05) is 26.4 Å². The Morgan fingerprint density at radius 2 is 1.60 bits per heavy atom. The molecule has 20 heavy (non-hydrogen) atoms. The Morgan fingerprint density at radius 1 is 1.00 bits per heavy atom. The second kappa shape index (κ2) is 12.7. The van der Waals surface area contributed by atoms with Crippen molar-refractivity contribution in [1.82, 2.24) is 4.90 Å². The molecular weight excluding hydrogens is 254 g/mol. The van der Waals surface area contributed by atoms with E-state index in [1.165, 1.54) is 25.7 Å². The number of carboxylic acids is 1. The van der Waals surface area contributed by atoms with Crippen molar-refractivity contribution in [3.8, 4) is 0 Å². The average Bonchev–Trinajstić information content (AvgIpc) is 2.41. The number of allylic oxidation sites excluding steroid dienone is 1. The minimum absolute atomic E-state index is 0.127. The summed E-state index contributed by atoms with van der Waals surface area (Å²) in [7, 11) is 1.75. The number of rotatable bonds is 13. The second-order valence-electron chi connectivity index (χ2n) is 5.26. The highest BCUT2D eigenvalue weighted by Crippen LogP contribution is 2.09. The van der Waals surface area contributed by atoms with E-state index in [0.717, 1.165) is 19.3 Å². The van der Waals surface area contributed by atoms with Crippen LogP contribution >= 0.6 is 0 Å². The van der Waals surface area contributed by atoms with Crippen LogP contribution in [-0.2, 0) is 9.59 Å². The third-order valence-electron chi connectivity index (χ3n) is 3.36. The third-order valence-corrected chi connectivity index (χ3v) is 3.36. The van der Waals surface area contributed by atoms with Crippen molar-refractivity contribution in [3.05, 3.63) is 12.7 Å². The lowest BCUT2D eigenvalue weighted by Gasteiger charge is -2.16. The molecule has 0 saturated carbocycles. The molecule has 0 aromatic rings. The van der Waals surface area contributed by atoms with Crippen LogP contribution < -0.4 is 0 Å². The summed E-state index contributed by atoms with van der Waals surface area (Å²) in [6.07, 6.45) is 11.2. The molecule has 0 bridgehead atoms. The van der Waals surface area contributed by atoms with Crippen molar-refractivity contribution >= 4 is 11.9 Å². The maximum atomic E-state index is 11.8. The molecule has 4 heteroatoms. The average molecular weight is 283 g/mol. The van der Waals surface area contributed by atoms with Crippen LogP contribution in [0.1, 0.15) is 64.2 Å². The van der Waals surface area contributed by atoms with E-state index in [0.29, 0.717) is 19.4 Å². The number of aliphatic carboxylic acids is 1. The minimum Gasteiger partial charge on any atom is -0.481 e. The zero-order chi connectivity index (χ0) is 15.2. The van der Waals surface area contributed by atoms with Gasteiger partial charge in [0.25, 0.3) is 0 Å². The molecular formula is C16H29NO3. The topological polar surface area (TPSA) is 57.6 Å². The Bertz CT molecular complexity index is 289. The van der Waals surface area contributed by atoms with Crippen molar-refractivity contribution in [1.29, 1.82) is 0 Å². The van der Waals surface area contributed by atoms with Crippen LogP contribution in [0.2, 0.25) is 0 Å². The van der Waals surface area contributed by atoms with Crippen molar-refractivity contribution in [2.24, 2.45) is 0 Å². The van der Waals surface area contributed by atoms with Crippen LogP contribution in [0.25, 0.3) is 0 Å². The summed E-state index contributed by atoms with van der Waals surface area (Å²) in [6.45, 7) is 4.23. The molecule has 0 atom stereocenters. The third kappa shape index (κ3) is 11.8. The van der Waals surface area contributed by atoms with Crippen LogP contribution in [0.3, 0.4) is 0 Å². The first-order chi connectivity index (χ1) is 9.57. The molecule has 1 N–H and O–H groups in total. The number of hydrogen-bond donors (Lipinski definition) is 1. The van der Waals surface area contributed by atoms with Gasteiger partial charge in [-0.05, 0) is 25.7 Å². The van der Waals surface area contributed by atoms with E-state index < -0.39 is 5.97 Å². The first-order valence-corrected chi connectivity index (χ1v) is 7.64. The molecule has 116 valence electrons. The summed E-state index contributed by atoms with van der Waals surface area (Å²) >= 11 is 0. The number of carbonyl (C=O) groups excluding carboxylic acids is 1. The van der Waals surface area contributed by atoms with E-state index in [4.69, 9.17) is 5.11 Å². The number of nitrogens with zero attached hydrogens (tertiary/aromatic N) is 1. The van der Waals surface area contributed by atoms with Crippen LogP contribution in [0.4, 0.5) is 0 Å². The van der Waals surface area contributed by atoms with Gasteiger partial charge in [-0.25, -0.2) is 0 Å². The van der Waals surface area contributed by atoms with Gasteiger partial charge in [0.15, 0.2) is 0 Å². The van der Waals surface area contributed by atoms with Gasteiger partial charge in [-0.1, -0.05) is 31.8 Å². The molecule has 0 rings (SSSR count). The molecule has 1 amide bonds. The van der Waals surface area contributed by atoms with Gasteiger partial charge in [0.2, 0.25) is 5.91 Å². The highest BCUT2D eigenvalue weighted by atomic mass is 16.4. The fraction of sp³-hybridized carbons (Fsp3) is 0.750. The summed E-state index contributed by atoms with van der Waals surface area (Å²) < 4.78 is 0. The Labute approximate surface area is 122 Å². The van der Waals surface area contributed by atoms with E-state index in [1.807, 2.05) is 6.08 Å². The van der Waals surface area contributed by atoms with Gasteiger partial charge in [-0.2, -0.15) is 0 Å². The predicted octanol–water partition coefficient (Wildman–Crippen LogP) is 3.62. The number of carbonyl (C=O) groups is 2. The summed E-state index contributed by atoms with van der Waals surface area (Å²) in [5.74, 6) is -0.677. The van der Waals surface area contributed by atoms with Crippen molar-refractivity contribution < 1.29 is 14.7 Å². The Kier molecular flexibility index (Phi) is 11.9. The van der Waals surface area contributed by atoms with Crippen LogP contribution in [0.15, 0.2) is 12.7 Å². The molecule has 0 aliphatic rings. The van der Waals surface area contributed by atoms with Gasteiger partial charge < -0.3 is 10.0 Å². The molecule has 0 unspecified atom stereocenters. The lowest BCUT2D eigenvalue weighted by molar-refractivity contribution is -0.138. The van der Waals surface area contributed by atoms with Gasteiger partial charge in [-0.3, -0.25) is 9.59 Å². The standard InChI is InChI=1S/C16H29NO3/c1-3-4-5-6-7-8-9-10-12-15(18)17(2)14-11-13-16(19)20/h3H,1,4-14H2,2H3,(H,19,20). The summed E-state index contributed by atoms with van der Waals surface area (Å²) in [6, 6.07) is 0. The fourth-order valence-electron chi connectivity index (χ4n) is 2.06. The Hall–Kier alpha value is -1.32. The van der Waals surface area contributed by atoms with E-state index in [2.05, 4.69) is 6.58 Å². The van der Waals surface area contributed by atoms with Gasteiger partial charge >= 0.3 is 5.97 Å². The summed E-state index contributed by atoms with van der Waals surface area (Å²) in [5.41, 5.74) is 0. The van der Waals surface area contributed by atoms with Crippen molar-refractivity contribution in [2.45, 2.75) is 64.2 Å². The first kappa shape index (κ1) is 18.7. The molecule has 0 aliphatic heterocycles. The number of unbranched alkanes of at least 4 members (excludes halogenated alkanes) is 6. The lowest BCUT2D eigenvalue weighted by atomic mass is 10.1. The van der Waals surface area contributed by atoms with Crippen LogP contribution in [-0.4, -0.2) is 35.5 Å². The minimum atomic E-state index is -0.803. The Balaban J connectivity index is 3.42. The highest BCUT2D eigenvalue weighted by Gasteiger charge is 2.08. The molecule has 0 radical (unpaired) electrons. The summed E-state index contributed by atoms with van der Waals surface area (Å²) in [5, 5.41) is 8.53. The van der Waals surface area contributed by atoms with Crippen LogP contribution in [0, 0.1) is 0 Å². The number of amides is 1. The Morgan fingerprint density at radius 3 is 2.20 bits per heavy atom. The fourth-order valence-corrected chi connectivity index (χ4v) is 2.06. The molecule has 0 heterocycles. The second-order valence-corrected chi connectivity index (χ2v) is 5.26. The van der Waals surface area contributed by atoms with Crippen molar-refractivity contribution in [3.63, 3.8) is 0 Å². The largest absolute Gasteiger partial charge is 0.481 e. The highest BCUT2D eigenvalue weighted by molar-refractivity contribution is 5.75. The predicted molar refractivity (Wildman–Crippen MR) is 81.6 cm³/mol. The quantitative estimate of drug-likeness (QED) is 0.415. The lowest BCUT2D eigenvalue weighted by Crippen LogP contribution is -2.27. The van der Waals surface area contributed by atoms with Crippen molar-refractivity contribution in [2.75, 3.05) is 13.6 Å². The molecule has 0 aromatic carbocycles. The first-order valence-electron chi connectivity index (χ1n) is 7.64. The van der Waals surface area contributed by atoms with E-state index in [-0.39, 0.29) is 12.3 Å². The zero-order valence-electron chi connectivity index (χ0n) is 12.8. The molecule has 0 aromatic heterocycles. The number of hydrogen-bond acceptors (Lipinski definition) is 2. The molecule has 0 saturated heterocycles. The number of carboxylic acid groups (broad SMARTS) is 1. The smallest absolute Gasteiger partial charge is 0.303 e. The van der Waals surface area contributed by atoms with Gasteiger partial charge in [-0.15, -0.1) is 6.58 Å². The van der Waals surface area contributed by atoms with E-state index in [9.17, 15) is 9.59 Å².